The first kappa shape index (κ1) is 25.8. The number of likely N-dealkylation sites (tertiary alicyclic amines) is 1. The van der Waals surface area contributed by atoms with Gasteiger partial charge in [0, 0.05) is 37.1 Å². The van der Waals surface area contributed by atoms with Crippen LogP contribution in [0, 0.1) is 5.92 Å². The standard InChI is InChI=1S/C28H27ClN8O3/c29-22-16-32-28-34-21-11-18(14-30-15-21)1-2-19-13-20(33-25(22)36-28)3-4-23(19)35-24(38)12-17-5-8-37(9-6-17)27(39)26-31-7-10-40-26/h3-4,7,10-11,13-17H,1-2,5-6,8-9,12H2,(H,35,38)(H2,32,33,34,36). The van der Waals surface area contributed by atoms with Crippen molar-refractivity contribution in [3.8, 4) is 0 Å². The zero-order valence-electron chi connectivity index (χ0n) is 21.6. The predicted octanol–water partition coefficient (Wildman–Crippen LogP) is 4.98. The number of nitrogens with zero attached hydrogens (tertiary/aromatic N) is 5. The molecule has 40 heavy (non-hydrogen) atoms. The molecule has 0 unspecified atom stereocenters. The van der Waals surface area contributed by atoms with Crippen molar-refractivity contribution in [2.24, 2.45) is 5.92 Å². The number of nitrogens with one attached hydrogen (secondary N) is 3. The van der Waals surface area contributed by atoms with E-state index in [9.17, 15) is 9.59 Å². The smallest absolute Gasteiger partial charge is 0.309 e. The number of carbonyl (C=O) groups excluding carboxylic acids is 2. The van der Waals surface area contributed by atoms with Gasteiger partial charge in [0.1, 0.15) is 11.3 Å². The second-order valence-electron chi connectivity index (χ2n) is 9.92. The van der Waals surface area contributed by atoms with Gasteiger partial charge in [-0.05, 0) is 67.0 Å². The van der Waals surface area contributed by atoms with Gasteiger partial charge in [-0.2, -0.15) is 4.98 Å². The Morgan fingerprint density at radius 1 is 1.05 bits per heavy atom. The Hall–Kier alpha value is -4.51. The van der Waals surface area contributed by atoms with E-state index in [1.165, 1.54) is 12.5 Å². The fraction of sp³-hybridized carbons (Fsp3) is 0.286. The minimum Gasteiger partial charge on any atom is -0.441 e. The number of piperidine rings is 1. The molecule has 204 valence electrons. The van der Waals surface area contributed by atoms with Crippen molar-refractivity contribution >= 4 is 52.2 Å². The average Bonchev–Trinajstić information content (AvgIpc) is 3.50. The van der Waals surface area contributed by atoms with Gasteiger partial charge in [-0.1, -0.05) is 11.6 Å². The van der Waals surface area contributed by atoms with Gasteiger partial charge in [0.15, 0.2) is 5.82 Å². The molecule has 0 atom stereocenters. The SMILES string of the molecule is O=C(CC1CCN(C(=O)c2ncco2)CC1)Nc1ccc2cc1CCc1cncc(c1)Nc1ncc(Cl)c(n1)N2. The maximum atomic E-state index is 13.1. The summed E-state index contributed by atoms with van der Waals surface area (Å²) in [5.41, 5.74) is 4.36. The molecule has 0 saturated carbocycles. The minimum absolute atomic E-state index is 0.0475. The Morgan fingerprint density at radius 3 is 2.75 bits per heavy atom. The molecule has 2 aliphatic heterocycles. The Labute approximate surface area is 235 Å². The first-order chi connectivity index (χ1) is 19.5. The number of aromatic nitrogens is 4. The third-order valence-electron chi connectivity index (χ3n) is 7.11. The number of fused-ring (bicyclic) bond motifs is 6. The van der Waals surface area contributed by atoms with Crippen LogP contribution in [0.3, 0.4) is 0 Å². The molecule has 2 aliphatic rings. The van der Waals surface area contributed by atoms with Gasteiger partial charge in [0.05, 0.1) is 24.3 Å². The number of hydrogen-bond donors (Lipinski definition) is 3. The lowest BCUT2D eigenvalue weighted by Crippen LogP contribution is -2.39. The van der Waals surface area contributed by atoms with Crippen molar-refractivity contribution < 1.29 is 14.0 Å². The van der Waals surface area contributed by atoms with E-state index in [1.807, 2.05) is 30.5 Å². The molecular formula is C28H27ClN8O3. The zero-order valence-corrected chi connectivity index (χ0v) is 22.3. The van der Waals surface area contributed by atoms with E-state index in [1.54, 1.807) is 17.3 Å². The van der Waals surface area contributed by atoms with Crippen LogP contribution in [0.25, 0.3) is 0 Å². The molecular weight excluding hydrogens is 532 g/mol. The summed E-state index contributed by atoms with van der Waals surface area (Å²) in [5, 5.41) is 9.96. The second-order valence-corrected chi connectivity index (χ2v) is 10.3. The summed E-state index contributed by atoms with van der Waals surface area (Å²) in [4.78, 5) is 44.4. The molecule has 0 radical (unpaired) electrons. The van der Waals surface area contributed by atoms with Gasteiger partial charge in [-0.25, -0.2) is 9.97 Å². The van der Waals surface area contributed by atoms with Gasteiger partial charge >= 0.3 is 5.91 Å². The van der Waals surface area contributed by atoms with E-state index in [4.69, 9.17) is 16.0 Å². The van der Waals surface area contributed by atoms with Gasteiger partial charge < -0.3 is 25.3 Å². The van der Waals surface area contributed by atoms with E-state index < -0.39 is 0 Å². The Kier molecular flexibility index (Phi) is 7.28. The molecule has 1 saturated heterocycles. The van der Waals surface area contributed by atoms with Gasteiger partial charge in [-0.3, -0.25) is 14.6 Å². The van der Waals surface area contributed by atoms with Crippen molar-refractivity contribution in [2.75, 3.05) is 29.0 Å². The van der Waals surface area contributed by atoms with Crippen LogP contribution < -0.4 is 16.0 Å². The molecule has 1 aromatic carbocycles. The van der Waals surface area contributed by atoms with Gasteiger partial charge in [0.25, 0.3) is 5.89 Å². The highest BCUT2D eigenvalue weighted by Crippen LogP contribution is 2.30. The van der Waals surface area contributed by atoms with E-state index in [2.05, 4.69) is 35.9 Å². The lowest BCUT2D eigenvalue weighted by molar-refractivity contribution is -0.117. The molecule has 3 aromatic heterocycles. The van der Waals surface area contributed by atoms with Crippen LogP contribution >= 0.6 is 11.6 Å². The monoisotopic (exact) mass is 558 g/mol. The predicted molar refractivity (Wildman–Crippen MR) is 150 cm³/mol. The number of oxazole rings is 1. The van der Waals surface area contributed by atoms with Crippen LogP contribution in [-0.2, 0) is 17.6 Å². The maximum Gasteiger partial charge on any atom is 0.309 e. The fourth-order valence-electron chi connectivity index (χ4n) is 5.02. The third kappa shape index (κ3) is 5.89. The Balaban J connectivity index is 1.15. The first-order valence-corrected chi connectivity index (χ1v) is 13.5. The first-order valence-electron chi connectivity index (χ1n) is 13.1. The lowest BCUT2D eigenvalue weighted by atomic mass is 9.93. The second kappa shape index (κ2) is 11.3. The molecule has 11 nitrogen and oxygen atoms in total. The summed E-state index contributed by atoms with van der Waals surface area (Å²) in [6.07, 6.45) is 11.2. The van der Waals surface area contributed by atoms with Crippen LogP contribution in [0.15, 0.2) is 59.7 Å². The highest BCUT2D eigenvalue weighted by molar-refractivity contribution is 6.32. The van der Waals surface area contributed by atoms with E-state index in [0.29, 0.717) is 42.7 Å². The molecule has 3 N–H and O–H groups in total. The highest BCUT2D eigenvalue weighted by Gasteiger charge is 2.27. The minimum atomic E-state index is -0.211. The number of amides is 2. The molecule has 4 aromatic rings. The summed E-state index contributed by atoms with van der Waals surface area (Å²) in [6, 6.07) is 7.80. The van der Waals surface area contributed by atoms with Gasteiger partial charge in [-0.15, -0.1) is 0 Å². The number of aryl methyl sites for hydroxylation is 2. The number of rotatable bonds is 4. The van der Waals surface area contributed by atoms with Crippen LogP contribution in [0.1, 0.15) is 41.1 Å². The van der Waals surface area contributed by atoms with Gasteiger partial charge in [0.2, 0.25) is 11.9 Å². The van der Waals surface area contributed by atoms with Crippen molar-refractivity contribution in [2.45, 2.75) is 32.1 Å². The van der Waals surface area contributed by atoms with E-state index in [-0.39, 0.29) is 23.6 Å². The molecule has 5 heterocycles. The molecule has 2 amide bonds. The molecule has 6 rings (SSSR count). The lowest BCUT2D eigenvalue weighted by Gasteiger charge is -2.31. The van der Waals surface area contributed by atoms with Crippen LogP contribution in [0.5, 0.6) is 0 Å². The number of hydrogen-bond acceptors (Lipinski definition) is 9. The maximum absolute atomic E-state index is 13.1. The number of benzene rings is 1. The van der Waals surface area contributed by atoms with Crippen LogP contribution in [0.2, 0.25) is 5.02 Å². The van der Waals surface area contributed by atoms with Crippen LogP contribution in [-0.4, -0.2) is 49.7 Å². The number of carbonyl (C=O) groups is 2. The Morgan fingerprint density at radius 2 is 1.93 bits per heavy atom. The van der Waals surface area contributed by atoms with E-state index in [0.717, 1.165) is 47.5 Å². The summed E-state index contributed by atoms with van der Waals surface area (Å²) < 4.78 is 5.13. The summed E-state index contributed by atoms with van der Waals surface area (Å²) in [7, 11) is 0. The quantitative estimate of drug-likeness (QED) is 0.316. The molecule has 0 spiro atoms. The summed E-state index contributed by atoms with van der Waals surface area (Å²) in [6.45, 7) is 1.14. The third-order valence-corrected chi connectivity index (χ3v) is 7.39. The van der Waals surface area contributed by atoms with Crippen molar-refractivity contribution in [3.63, 3.8) is 0 Å². The Bertz CT molecular complexity index is 1540. The number of halogens is 1. The zero-order chi connectivity index (χ0) is 27.5. The summed E-state index contributed by atoms with van der Waals surface area (Å²) in [5.74, 6) is 0.908. The topological polar surface area (TPSA) is 138 Å². The molecule has 12 heteroatoms. The van der Waals surface area contributed by atoms with E-state index >= 15 is 0 Å². The fourth-order valence-corrected chi connectivity index (χ4v) is 5.16. The largest absolute Gasteiger partial charge is 0.441 e. The van der Waals surface area contributed by atoms with Crippen molar-refractivity contribution in [1.29, 1.82) is 0 Å². The number of pyridine rings is 1. The van der Waals surface area contributed by atoms with Crippen molar-refractivity contribution in [3.05, 3.63) is 77.4 Å². The molecule has 6 bridgehead atoms. The normalized spacial score (nSPS) is 15.1. The van der Waals surface area contributed by atoms with Crippen molar-refractivity contribution in [1.82, 2.24) is 24.8 Å². The average molecular weight is 559 g/mol. The molecule has 1 fully saturated rings. The highest BCUT2D eigenvalue weighted by atomic mass is 35.5. The number of anilines is 5. The summed E-state index contributed by atoms with van der Waals surface area (Å²) >= 11 is 6.36. The molecule has 0 aliphatic carbocycles. The van der Waals surface area contributed by atoms with Crippen LogP contribution in [0.4, 0.5) is 28.8 Å².